The van der Waals surface area contributed by atoms with Gasteiger partial charge in [0, 0.05) is 25.3 Å². The number of methoxy groups -OCH3 is 1. The molecule has 178 valence electrons. The maximum Gasteiger partial charge on any atom is 0.191 e. The normalized spacial score (nSPS) is 15.3. The molecule has 0 radical (unpaired) electrons. The summed E-state index contributed by atoms with van der Waals surface area (Å²) in [6, 6.07) is 10.8. The summed E-state index contributed by atoms with van der Waals surface area (Å²) in [7, 11) is 1.72. The fraction of sp³-hybridized carbons (Fsp3) is 0.583. The number of rotatable bonds is 10. The first-order chi connectivity index (χ1) is 15.1. The standard InChI is InChI=1S/C24H38N6O.HI/c1-5-25-24(26-12-9-15-30-20(3)16-19(2)28-30)27-18-23(29-13-6-7-14-29)21-10-8-11-22(17-21)31-4;/h8,10-11,16-17,23H,5-7,9,12-15,18H2,1-4H3,(H2,25,26,27);1H. The number of aryl methyl sites for hydroxylation is 3. The summed E-state index contributed by atoms with van der Waals surface area (Å²) in [4.78, 5) is 7.49. The van der Waals surface area contributed by atoms with E-state index in [0.717, 1.165) is 63.1 Å². The number of aromatic nitrogens is 2. The van der Waals surface area contributed by atoms with Crippen LogP contribution < -0.4 is 15.4 Å². The van der Waals surface area contributed by atoms with Crippen LogP contribution in [0.15, 0.2) is 35.3 Å². The fourth-order valence-corrected chi connectivity index (χ4v) is 4.19. The van der Waals surface area contributed by atoms with E-state index in [2.05, 4.69) is 63.4 Å². The molecular formula is C24H39IN6O. The maximum absolute atomic E-state index is 5.46. The Morgan fingerprint density at radius 1 is 1.19 bits per heavy atom. The van der Waals surface area contributed by atoms with Crippen LogP contribution in [0.1, 0.15) is 49.2 Å². The average molecular weight is 555 g/mol. The molecular weight excluding hydrogens is 515 g/mol. The number of likely N-dealkylation sites (tertiary alicyclic amines) is 1. The predicted molar refractivity (Wildman–Crippen MR) is 142 cm³/mol. The third-order valence-electron chi connectivity index (χ3n) is 5.77. The Labute approximate surface area is 210 Å². The third kappa shape index (κ3) is 7.65. The molecule has 1 aliphatic rings. The minimum Gasteiger partial charge on any atom is -0.497 e. The van der Waals surface area contributed by atoms with Gasteiger partial charge in [0.25, 0.3) is 0 Å². The quantitative estimate of drug-likeness (QED) is 0.202. The van der Waals surface area contributed by atoms with E-state index in [-0.39, 0.29) is 30.0 Å². The van der Waals surface area contributed by atoms with Crippen LogP contribution in [-0.4, -0.2) is 60.5 Å². The zero-order chi connectivity index (χ0) is 22.1. The largest absolute Gasteiger partial charge is 0.497 e. The zero-order valence-electron chi connectivity index (χ0n) is 19.9. The van der Waals surface area contributed by atoms with Crippen molar-refractivity contribution in [2.75, 3.05) is 39.8 Å². The Hall–Kier alpha value is -1.81. The molecule has 0 bridgehead atoms. The number of hydrogen-bond acceptors (Lipinski definition) is 4. The van der Waals surface area contributed by atoms with Gasteiger partial charge in [0.05, 0.1) is 25.4 Å². The summed E-state index contributed by atoms with van der Waals surface area (Å²) in [5.74, 6) is 1.78. The molecule has 7 nitrogen and oxygen atoms in total. The lowest BCUT2D eigenvalue weighted by Crippen LogP contribution is -2.39. The lowest BCUT2D eigenvalue weighted by molar-refractivity contribution is 0.251. The van der Waals surface area contributed by atoms with Gasteiger partial charge in [0.15, 0.2) is 5.96 Å². The number of halogens is 1. The van der Waals surface area contributed by atoms with Gasteiger partial charge in [-0.05, 0) is 76.9 Å². The second-order valence-corrected chi connectivity index (χ2v) is 8.19. The Kier molecular flexibility index (Phi) is 11.3. The topological polar surface area (TPSA) is 66.7 Å². The highest BCUT2D eigenvalue weighted by Crippen LogP contribution is 2.27. The summed E-state index contributed by atoms with van der Waals surface area (Å²) in [5, 5.41) is 11.4. The van der Waals surface area contributed by atoms with Gasteiger partial charge in [-0.25, -0.2) is 0 Å². The van der Waals surface area contributed by atoms with Crippen molar-refractivity contribution in [3.8, 4) is 5.75 Å². The van der Waals surface area contributed by atoms with Crippen molar-refractivity contribution in [3.63, 3.8) is 0 Å². The maximum atomic E-state index is 5.46. The monoisotopic (exact) mass is 554 g/mol. The molecule has 1 fully saturated rings. The molecule has 0 spiro atoms. The number of benzene rings is 1. The van der Waals surface area contributed by atoms with Gasteiger partial charge in [0.2, 0.25) is 0 Å². The first-order valence-corrected chi connectivity index (χ1v) is 11.5. The fourth-order valence-electron chi connectivity index (χ4n) is 4.19. The van der Waals surface area contributed by atoms with E-state index in [1.807, 2.05) is 13.0 Å². The average Bonchev–Trinajstić information content (AvgIpc) is 3.41. The van der Waals surface area contributed by atoms with Crippen LogP contribution in [-0.2, 0) is 6.54 Å². The summed E-state index contributed by atoms with van der Waals surface area (Å²) in [5.41, 5.74) is 3.56. The number of hydrogen-bond donors (Lipinski definition) is 2. The van der Waals surface area contributed by atoms with Crippen molar-refractivity contribution in [2.24, 2.45) is 4.99 Å². The van der Waals surface area contributed by atoms with Crippen molar-refractivity contribution in [3.05, 3.63) is 47.3 Å². The van der Waals surface area contributed by atoms with Gasteiger partial charge in [-0.3, -0.25) is 14.6 Å². The van der Waals surface area contributed by atoms with Crippen LogP contribution in [0.2, 0.25) is 0 Å². The smallest absolute Gasteiger partial charge is 0.191 e. The van der Waals surface area contributed by atoms with E-state index < -0.39 is 0 Å². The van der Waals surface area contributed by atoms with E-state index in [1.54, 1.807) is 7.11 Å². The second-order valence-electron chi connectivity index (χ2n) is 8.19. The van der Waals surface area contributed by atoms with Crippen molar-refractivity contribution in [2.45, 2.75) is 52.6 Å². The highest BCUT2D eigenvalue weighted by atomic mass is 127. The minimum atomic E-state index is 0. The summed E-state index contributed by atoms with van der Waals surface area (Å²) in [6.45, 7) is 11.8. The van der Waals surface area contributed by atoms with Crippen LogP contribution >= 0.6 is 24.0 Å². The summed E-state index contributed by atoms with van der Waals surface area (Å²) >= 11 is 0. The predicted octanol–water partition coefficient (Wildman–Crippen LogP) is 3.91. The van der Waals surface area contributed by atoms with E-state index >= 15 is 0 Å². The molecule has 0 amide bonds. The van der Waals surface area contributed by atoms with Crippen LogP contribution in [0.5, 0.6) is 5.75 Å². The van der Waals surface area contributed by atoms with Crippen molar-refractivity contribution >= 4 is 29.9 Å². The van der Waals surface area contributed by atoms with Crippen molar-refractivity contribution in [1.29, 1.82) is 0 Å². The third-order valence-corrected chi connectivity index (χ3v) is 5.77. The first kappa shape index (κ1) is 26.4. The Balaban J connectivity index is 0.00000363. The van der Waals surface area contributed by atoms with E-state index in [0.29, 0.717) is 0 Å². The molecule has 1 atom stereocenters. The van der Waals surface area contributed by atoms with Crippen LogP contribution in [0.4, 0.5) is 0 Å². The van der Waals surface area contributed by atoms with Gasteiger partial charge in [-0.2, -0.15) is 5.10 Å². The van der Waals surface area contributed by atoms with E-state index in [1.165, 1.54) is 24.1 Å². The van der Waals surface area contributed by atoms with E-state index in [4.69, 9.17) is 9.73 Å². The number of ether oxygens (including phenoxy) is 1. The minimum absolute atomic E-state index is 0. The molecule has 0 saturated carbocycles. The number of aliphatic imine (C=N–C) groups is 1. The molecule has 2 aromatic rings. The molecule has 1 aromatic heterocycles. The molecule has 0 aliphatic carbocycles. The molecule has 8 heteroatoms. The molecule has 32 heavy (non-hydrogen) atoms. The SMILES string of the molecule is CCNC(=NCC(c1cccc(OC)c1)N1CCCC1)NCCCn1nc(C)cc1C.I. The number of nitrogens with zero attached hydrogens (tertiary/aromatic N) is 4. The van der Waals surface area contributed by atoms with Crippen LogP contribution in [0.25, 0.3) is 0 Å². The van der Waals surface area contributed by atoms with Crippen molar-refractivity contribution in [1.82, 2.24) is 25.3 Å². The molecule has 1 aromatic carbocycles. The van der Waals surface area contributed by atoms with Crippen LogP contribution in [0.3, 0.4) is 0 Å². The highest BCUT2D eigenvalue weighted by Gasteiger charge is 2.23. The summed E-state index contributed by atoms with van der Waals surface area (Å²) in [6.07, 6.45) is 3.52. The molecule has 2 heterocycles. The lowest BCUT2D eigenvalue weighted by atomic mass is 10.1. The molecule has 1 unspecified atom stereocenters. The first-order valence-electron chi connectivity index (χ1n) is 11.5. The van der Waals surface area contributed by atoms with Gasteiger partial charge in [-0.1, -0.05) is 12.1 Å². The van der Waals surface area contributed by atoms with Crippen molar-refractivity contribution < 1.29 is 4.74 Å². The Morgan fingerprint density at radius 2 is 1.97 bits per heavy atom. The Bertz CT molecular complexity index is 847. The zero-order valence-corrected chi connectivity index (χ0v) is 22.3. The van der Waals surface area contributed by atoms with E-state index in [9.17, 15) is 0 Å². The highest BCUT2D eigenvalue weighted by molar-refractivity contribution is 14.0. The summed E-state index contributed by atoms with van der Waals surface area (Å²) < 4.78 is 7.53. The van der Waals surface area contributed by atoms with Gasteiger partial charge >= 0.3 is 0 Å². The Morgan fingerprint density at radius 3 is 2.62 bits per heavy atom. The number of nitrogens with one attached hydrogen (secondary N) is 2. The lowest BCUT2D eigenvalue weighted by Gasteiger charge is -2.27. The molecule has 3 rings (SSSR count). The molecule has 1 saturated heterocycles. The van der Waals surface area contributed by atoms with Crippen LogP contribution in [0, 0.1) is 13.8 Å². The second kappa shape index (κ2) is 13.7. The van der Waals surface area contributed by atoms with Gasteiger partial charge in [0.1, 0.15) is 5.75 Å². The van der Waals surface area contributed by atoms with Gasteiger partial charge in [-0.15, -0.1) is 24.0 Å². The molecule has 2 N–H and O–H groups in total. The number of guanidine groups is 1. The molecule has 1 aliphatic heterocycles. The van der Waals surface area contributed by atoms with Gasteiger partial charge < -0.3 is 15.4 Å².